The number of hydrogen-bond donors (Lipinski definition) is 2. The van der Waals surface area contributed by atoms with Crippen LogP contribution < -0.4 is 11.1 Å². The smallest absolute Gasteiger partial charge is 0.251 e. The lowest BCUT2D eigenvalue weighted by molar-refractivity contribution is 0.0926. The predicted octanol–water partition coefficient (Wildman–Crippen LogP) is 3.24. The van der Waals surface area contributed by atoms with Crippen molar-refractivity contribution in [1.82, 2.24) is 5.32 Å². The highest BCUT2D eigenvalue weighted by Crippen LogP contribution is 2.32. The van der Waals surface area contributed by atoms with Crippen LogP contribution in [0.2, 0.25) is 0 Å². The van der Waals surface area contributed by atoms with Crippen LogP contribution in [0.25, 0.3) is 0 Å². The van der Waals surface area contributed by atoms with Gasteiger partial charge < -0.3 is 11.1 Å². The first kappa shape index (κ1) is 16.2. The normalized spacial score (nSPS) is 20.3. The Kier molecular flexibility index (Phi) is 4.94. The molecule has 24 heavy (non-hydrogen) atoms. The highest BCUT2D eigenvalue weighted by atomic mass is 16.2. The molecule has 3 N–H and O–H groups in total. The first-order valence-electron chi connectivity index (χ1n) is 8.39. The van der Waals surface area contributed by atoms with Gasteiger partial charge in [-0.3, -0.25) is 9.59 Å². The SMILES string of the molecule is NC(=O)c1cccc(C(=O)NC2CCC(c3ccccc3)CC2)c1. The molecule has 0 heterocycles. The number of amides is 2. The van der Waals surface area contributed by atoms with Gasteiger partial charge in [0, 0.05) is 17.2 Å². The molecule has 0 aliphatic heterocycles. The molecule has 3 rings (SSSR count). The van der Waals surface area contributed by atoms with Crippen molar-refractivity contribution < 1.29 is 9.59 Å². The molecule has 2 aromatic carbocycles. The van der Waals surface area contributed by atoms with Crippen LogP contribution in [0, 0.1) is 0 Å². The van der Waals surface area contributed by atoms with Crippen LogP contribution in [0.4, 0.5) is 0 Å². The maximum Gasteiger partial charge on any atom is 0.251 e. The molecule has 124 valence electrons. The third-order valence-corrected chi connectivity index (χ3v) is 4.74. The summed E-state index contributed by atoms with van der Waals surface area (Å²) in [5.74, 6) is -0.0770. The van der Waals surface area contributed by atoms with Gasteiger partial charge in [0.25, 0.3) is 5.91 Å². The van der Waals surface area contributed by atoms with Crippen molar-refractivity contribution in [3.05, 3.63) is 71.3 Å². The van der Waals surface area contributed by atoms with Gasteiger partial charge in [0.15, 0.2) is 0 Å². The maximum absolute atomic E-state index is 12.4. The summed E-state index contributed by atoms with van der Waals surface area (Å²) in [7, 11) is 0. The number of nitrogens with two attached hydrogens (primary N) is 1. The van der Waals surface area contributed by atoms with Gasteiger partial charge in [-0.05, 0) is 55.4 Å². The molecule has 1 aliphatic carbocycles. The van der Waals surface area contributed by atoms with Crippen molar-refractivity contribution in [2.75, 3.05) is 0 Å². The van der Waals surface area contributed by atoms with Crippen molar-refractivity contribution in [3.8, 4) is 0 Å². The lowest BCUT2D eigenvalue weighted by atomic mass is 9.82. The van der Waals surface area contributed by atoms with Gasteiger partial charge in [-0.25, -0.2) is 0 Å². The standard InChI is InChI=1S/C20H22N2O2/c21-19(23)16-7-4-8-17(13-16)20(24)22-18-11-9-15(10-12-18)14-5-2-1-3-6-14/h1-8,13,15,18H,9-12H2,(H2,21,23)(H,22,24). The average Bonchev–Trinajstić information content (AvgIpc) is 2.63. The summed E-state index contributed by atoms with van der Waals surface area (Å²) < 4.78 is 0. The second kappa shape index (κ2) is 7.30. The molecule has 4 heteroatoms. The summed E-state index contributed by atoms with van der Waals surface area (Å²) >= 11 is 0. The Bertz CT molecular complexity index is 719. The number of hydrogen-bond acceptors (Lipinski definition) is 2. The minimum atomic E-state index is -0.520. The molecular weight excluding hydrogens is 300 g/mol. The third kappa shape index (κ3) is 3.82. The van der Waals surface area contributed by atoms with Gasteiger partial charge in [-0.15, -0.1) is 0 Å². The monoisotopic (exact) mass is 322 g/mol. The average molecular weight is 322 g/mol. The van der Waals surface area contributed by atoms with Crippen LogP contribution in [0.15, 0.2) is 54.6 Å². The van der Waals surface area contributed by atoms with Gasteiger partial charge in [0.1, 0.15) is 0 Å². The van der Waals surface area contributed by atoms with Crippen molar-refractivity contribution in [2.45, 2.75) is 37.6 Å². The molecule has 1 fully saturated rings. The second-order valence-corrected chi connectivity index (χ2v) is 6.38. The number of primary amides is 1. The van der Waals surface area contributed by atoms with E-state index >= 15 is 0 Å². The lowest BCUT2D eigenvalue weighted by Crippen LogP contribution is -2.37. The zero-order chi connectivity index (χ0) is 16.9. The summed E-state index contributed by atoms with van der Waals surface area (Å²) in [6.45, 7) is 0. The van der Waals surface area contributed by atoms with Crippen molar-refractivity contribution in [1.29, 1.82) is 0 Å². The Balaban J connectivity index is 1.57. The van der Waals surface area contributed by atoms with Crippen molar-refractivity contribution in [3.63, 3.8) is 0 Å². The van der Waals surface area contributed by atoms with E-state index in [0.717, 1.165) is 25.7 Å². The molecule has 0 unspecified atom stereocenters. The fourth-order valence-corrected chi connectivity index (χ4v) is 3.38. The van der Waals surface area contributed by atoms with Crippen LogP contribution in [0.5, 0.6) is 0 Å². The van der Waals surface area contributed by atoms with Crippen LogP contribution in [0.3, 0.4) is 0 Å². The largest absolute Gasteiger partial charge is 0.366 e. The molecule has 1 aliphatic rings. The summed E-state index contributed by atoms with van der Waals surface area (Å²) in [5.41, 5.74) is 7.49. The first-order valence-corrected chi connectivity index (χ1v) is 8.39. The first-order chi connectivity index (χ1) is 11.6. The molecule has 0 radical (unpaired) electrons. The Morgan fingerprint density at radius 1 is 0.875 bits per heavy atom. The summed E-state index contributed by atoms with van der Waals surface area (Å²) in [5, 5.41) is 3.08. The fraction of sp³-hybridized carbons (Fsp3) is 0.300. The number of carbonyl (C=O) groups excluding carboxylic acids is 2. The van der Waals surface area contributed by atoms with E-state index in [-0.39, 0.29) is 11.9 Å². The van der Waals surface area contributed by atoms with E-state index < -0.39 is 5.91 Å². The van der Waals surface area contributed by atoms with Crippen molar-refractivity contribution >= 4 is 11.8 Å². The van der Waals surface area contributed by atoms with Crippen LogP contribution in [-0.4, -0.2) is 17.9 Å². The van der Waals surface area contributed by atoms with E-state index in [2.05, 4.69) is 29.6 Å². The van der Waals surface area contributed by atoms with E-state index in [1.165, 1.54) is 5.56 Å². The molecule has 0 bridgehead atoms. The zero-order valence-electron chi connectivity index (χ0n) is 13.6. The van der Waals surface area contributed by atoms with E-state index in [1.54, 1.807) is 24.3 Å². The molecule has 2 amide bonds. The Morgan fingerprint density at radius 2 is 1.54 bits per heavy atom. The minimum absolute atomic E-state index is 0.138. The van der Waals surface area contributed by atoms with E-state index in [4.69, 9.17) is 5.73 Å². The van der Waals surface area contributed by atoms with Gasteiger partial charge in [-0.2, -0.15) is 0 Å². The second-order valence-electron chi connectivity index (χ2n) is 6.38. The number of benzene rings is 2. The summed E-state index contributed by atoms with van der Waals surface area (Å²) in [6.07, 6.45) is 4.11. The molecule has 4 nitrogen and oxygen atoms in total. The van der Waals surface area contributed by atoms with Crippen LogP contribution in [-0.2, 0) is 0 Å². The zero-order valence-corrected chi connectivity index (χ0v) is 13.6. The number of rotatable bonds is 4. The molecule has 1 saturated carbocycles. The number of carbonyl (C=O) groups is 2. The molecule has 0 spiro atoms. The molecular formula is C20H22N2O2. The topological polar surface area (TPSA) is 72.2 Å². The lowest BCUT2D eigenvalue weighted by Gasteiger charge is -2.29. The molecule has 0 atom stereocenters. The van der Waals surface area contributed by atoms with E-state index in [9.17, 15) is 9.59 Å². The van der Waals surface area contributed by atoms with Crippen molar-refractivity contribution in [2.24, 2.45) is 5.73 Å². The van der Waals surface area contributed by atoms with Gasteiger partial charge in [0.2, 0.25) is 5.91 Å². The van der Waals surface area contributed by atoms with E-state index in [0.29, 0.717) is 17.0 Å². The molecule has 2 aromatic rings. The Morgan fingerprint density at radius 3 is 2.21 bits per heavy atom. The Hall–Kier alpha value is -2.62. The number of nitrogens with one attached hydrogen (secondary N) is 1. The molecule has 0 aromatic heterocycles. The van der Waals surface area contributed by atoms with Crippen LogP contribution in [0.1, 0.15) is 57.9 Å². The van der Waals surface area contributed by atoms with E-state index in [1.807, 2.05) is 6.07 Å². The third-order valence-electron chi connectivity index (χ3n) is 4.74. The maximum atomic E-state index is 12.4. The summed E-state index contributed by atoms with van der Waals surface area (Å²) in [6, 6.07) is 17.3. The highest BCUT2D eigenvalue weighted by molar-refractivity contribution is 5.99. The predicted molar refractivity (Wildman–Crippen MR) is 93.9 cm³/mol. The van der Waals surface area contributed by atoms with Gasteiger partial charge >= 0.3 is 0 Å². The molecule has 0 saturated heterocycles. The fourth-order valence-electron chi connectivity index (χ4n) is 3.38. The van der Waals surface area contributed by atoms with Crippen LogP contribution >= 0.6 is 0 Å². The Labute approximate surface area is 142 Å². The summed E-state index contributed by atoms with van der Waals surface area (Å²) in [4.78, 5) is 23.6. The van der Waals surface area contributed by atoms with Gasteiger partial charge in [0.05, 0.1) is 0 Å². The van der Waals surface area contributed by atoms with Gasteiger partial charge in [-0.1, -0.05) is 36.4 Å². The highest BCUT2D eigenvalue weighted by Gasteiger charge is 2.23. The quantitative estimate of drug-likeness (QED) is 0.907. The minimum Gasteiger partial charge on any atom is -0.366 e.